The molecule has 0 radical (unpaired) electrons. The molecule has 1 atom stereocenters. The number of rotatable bonds is 6. The van der Waals surface area contributed by atoms with E-state index in [-0.39, 0.29) is 6.42 Å². The molecule has 0 spiro atoms. The summed E-state index contributed by atoms with van der Waals surface area (Å²) in [6, 6.07) is 0. The summed E-state index contributed by atoms with van der Waals surface area (Å²) in [5.74, 6) is -0.893. The summed E-state index contributed by atoms with van der Waals surface area (Å²) in [5, 5.41) is 19.1. The summed E-state index contributed by atoms with van der Waals surface area (Å²) in [6.07, 6.45) is -1.03. The number of thioether (sulfide) groups is 1. The van der Waals surface area contributed by atoms with Crippen LogP contribution in [0.2, 0.25) is 0 Å². The number of nitrogens with zero attached hydrogens (tertiary/aromatic N) is 1. The highest BCUT2D eigenvalue weighted by Gasteiger charge is 2.34. The number of aryl methyl sites for hydroxylation is 1. The van der Waals surface area contributed by atoms with Crippen molar-refractivity contribution in [3.8, 4) is 0 Å². The number of hydrogen-bond acceptors (Lipinski definition) is 6. The predicted molar refractivity (Wildman–Crippen MR) is 85.0 cm³/mol. The van der Waals surface area contributed by atoms with Gasteiger partial charge in [-0.1, -0.05) is 11.8 Å². The third-order valence-corrected chi connectivity index (χ3v) is 4.90. The van der Waals surface area contributed by atoms with Gasteiger partial charge in [-0.25, -0.2) is 4.98 Å². The zero-order chi connectivity index (χ0) is 16.4. The van der Waals surface area contributed by atoms with Gasteiger partial charge in [-0.15, -0.1) is 11.3 Å². The molecule has 2 N–H and O–H groups in total. The lowest BCUT2D eigenvalue weighted by Crippen LogP contribution is -2.40. The van der Waals surface area contributed by atoms with E-state index in [1.54, 1.807) is 0 Å². The Hall–Kier alpha value is -0.630. The molecule has 0 saturated carbocycles. The van der Waals surface area contributed by atoms with Crippen molar-refractivity contribution in [3.05, 3.63) is 10.6 Å². The van der Waals surface area contributed by atoms with Gasteiger partial charge in [0.25, 0.3) is 0 Å². The summed E-state index contributed by atoms with van der Waals surface area (Å²) in [5.41, 5.74) is 0.141. The van der Waals surface area contributed by atoms with Gasteiger partial charge in [-0.2, -0.15) is 0 Å². The van der Waals surface area contributed by atoms with Crippen LogP contribution < -0.4 is 0 Å². The number of ether oxygens (including phenoxy) is 1. The van der Waals surface area contributed by atoms with Gasteiger partial charge in [0.05, 0.1) is 22.5 Å². The van der Waals surface area contributed by atoms with Crippen LogP contribution >= 0.6 is 23.1 Å². The van der Waals surface area contributed by atoms with Crippen molar-refractivity contribution in [2.24, 2.45) is 0 Å². The van der Waals surface area contributed by atoms with Crippen molar-refractivity contribution >= 4 is 29.1 Å². The Morgan fingerprint density at radius 3 is 2.43 bits per heavy atom. The van der Waals surface area contributed by atoms with Crippen LogP contribution in [0.25, 0.3) is 0 Å². The number of aliphatic carboxylic acids is 1. The molecular formula is C14H23NO4S2. The molecule has 1 aromatic heterocycles. The van der Waals surface area contributed by atoms with E-state index >= 15 is 0 Å². The Balaban J connectivity index is 2.81. The minimum Gasteiger partial charge on any atom is -0.481 e. The lowest BCUT2D eigenvalue weighted by atomic mass is 10.1. The van der Waals surface area contributed by atoms with Crippen LogP contribution in [0, 0.1) is 6.92 Å². The van der Waals surface area contributed by atoms with Crippen LogP contribution in [0.5, 0.6) is 0 Å². The first-order valence-electron chi connectivity index (χ1n) is 6.64. The molecule has 1 unspecified atom stereocenters. The molecule has 0 aliphatic carbocycles. The first-order chi connectivity index (χ1) is 9.40. The summed E-state index contributed by atoms with van der Waals surface area (Å²) in [6.45, 7) is 11.3. The van der Waals surface area contributed by atoms with E-state index < -0.39 is 22.6 Å². The fourth-order valence-corrected chi connectivity index (χ4v) is 4.10. The van der Waals surface area contributed by atoms with E-state index in [2.05, 4.69) is 4.98 Å². The number of aliphatic hydroxyl groups is 1. The van der Waals surface area contributed by atoms with Crippen LogP contribution in [-0.4, -0.2) is 37.8 Å². The SMILES string of the molecule is Cc1sc(SC(C)(C)C(O)OC(C)(C)C)nc1CC(=O)O. The smallest absolute Gasteiger partial charge is 0.309 e. The van der Waals surface area contributed by atoms with Gasteiger partial charge in [0.1, 0.15) is 0 Å². The molecule has 0 bridgehead atoms. The minimum atomic E-state index is -0.949. The minimum absolute atomic E-state index is 0.0790. The van der Waals surface area contributed by atoms with Crippen LogP contribution in [0.3, 0.4) is 0 Å². The van der Waals surface area contributed by atoms with Crippen molar-refractivity contribution in [2.45, 2.75) is 68.9 Å². The van der Waals surface area contributed by atoms with E-state index in [4.69, 9.17) is 9.84 Å². The van der Waals surface area contributed by atoms with Gasteiger partial charge in [0, 0.05) is 4.88 Å². The quantitative estimate of drug-likeness (QED) is 0.615. The van der Waals surface area contributed by atoms with E-state index in [1.165, 1.54) is 23.1 Å². The normalized spacial score (nSPS) is 14.2. The highest BCUT2D eigenvalue weighted by atomic mass is 32.2. The summed E-state index contributed by atoms with van der Waals surface area (Å²) >= 11 is 2.84. The number of hydrogen-bond donors (Lipinski definition) is 2. The van der Waals surface area contributed by atoms with E-state index in [0.29, 0.717) is 5.69 Å². The Morgan fingerprint density at radius 2 is 1.95 bits per heavy atom. The molecule has 0 aromatic carbocycles. The lowest BCUT2D eigenvalue weighted by molar-refractivity contribution is -0.177. The van der Waals surface area contributed by atoms with Crippen molar-refractivity contribution in [1.82, 2.24) is 4.98 Å². The zero-order valence-electron chi connectivity index (χ0n) is 13.3. The average molecular weight is 333 g/mol. The maximum Gasteiger partial charge on any atom is 0.309 e. The predicted octanol–water partition coefficient (Wildman–Crippen LogP) is 3.08. The van der Waals surface area contributed by atoms with Crippen molar-refractivity contribution in [1.29, 1.82) is 0 Å². The van der Waals surface area contributed by atoms with Gasteiger partial charge >= 0.3 is 5.97 Å². The number of thiazole rings is 1. The van der Waals surface area contributed by atoms with Gasteiger partial charge in [-0.3, -0.25) is 4.79 Å². The lowest BCUT2D eigenvalue weighted by Gasteiger charge is -2.33. The molecule has 1 heterocycles. The summed E-state index contributed by atoms with van der Waals surface area (Å²) in [7, 11) is 0. The average Bonchev–Trinajstić information content (AvgIpc) is 2.54. The topological polar surface area (TPSA) is 79.7 Å². The molecule has 0 aliphatic heterocycles. The molecular weight excluding hydrogens is 310 g/mol. The van der Waals surface area contributed by atoms with Gasteiger partial charge in [0.15, 0.2) is 10.6 Å². The Labute approximate surface area is 133 Å². The molecule has 7 heteroatoms. The zero-order valence-corrected chi connectivity index (χ0v) is 14.9. The van der Waals surface area contributed by atoms with Crippen LogP contribution in [0.1, 0.15) is 45.2 Å². The second-order valence-electron chi connectivity index (χ2n) is 6.34. The Kier molecular flexibility index (Phi) is 5.83. The van der Waals surface area contributed by atoms with Gasteiger partial charge in [0.2, 0.25) is 0 Å². The van der Waals surface area contributed by atoms with Gasteiger partial charge < -0.3 is 14.9 Å². The molecule has 120 valence electrons. The Morgan fingerprint density at radius 1 is 1.38 bits per heavy atom. The van der Waals surface area contributed by atoms with E-state index in [1.807, 2.05) is 41.5 Å². The Bertz CT molecular complexity index is 506. The third kappa shape index (κ3) is 5.94. The summed E-state index contributed by atoms with van der Waals surface area (Å²) in [4.78, 5) is 16.0. The highest BCUT2D eigenvalue weighted by molar-refractivity contribution is 8.02. The van der Waals surface area contributed by atoms with Crippen molar-refractivity contribution in [2.75, 3.05) is 0 Å². The van der Waals surface area contributed by atoms with Crippen molar-refractivity contribution in [3.63, 3.8) is 0 Å². The maximum absolute atomic E-state index is 10.8. The fourth-order valence-electron chi connectivity index (χ4n) is 1.50. The number of carboxylic acid groups (broad SMARTS) is 1. The molecule has 0 aliphatic rings. The second-order valence-corrected chi connectivity index (χ2v) is 9.45. The number of carboxylic acids is 1. The number of carbonyl (C=O) groups is 1. The number of aliphatic hydroxyl groups excluding tert-OH is 1. The monoisotopic (exact) mass is 333 g/mol. The molecule has 5 nitrogen and oxygen atoms in total. The summed E-state index contributed by atoms with van der Waals surface area (Å²) < 4.78 is 5.75. The van der Waals surface area contributed by atoms with Crippen molar-refractivity contribution < 1.29 is 19.7 Å². The standard InChI is InChI=1S/C14H23NO4S2/c1-8-9(7-10(16)17)15-12(20-8)21-14(5,6)11(18)19-13(2,3)4/h11,18H,7H2,1-6H3,(H,16,17). The molecule has 21 heavy (non-hydrogen) atoms. The maximum atomic E-state index is 10.8. The molecule has 0 fully saturated rings. The number of aromatic nitrogens is 1. The first kappa shape index (κ1) is 18.4. The molecule has 1 rings (SSSR count). The fraction of sp³-hybridized carbons (Fsp3) is 0.714. The largest absolute Gasteiger partial charge is 0.481 e. The second kappa shape index (κ2) is 6.64. The third-order valence-electron chi connectivity index (χ3n) is 2.60. The van der Waals surface area contributed by atoms with Crippen LogP contribution in [-0.2, 0) is 16.0 Å². The van der Waals surface area contributed by atoms with Gasteiger partial charge in [-0.05, 0) is 41.5 Å². The van der Waals surface area contributed by atoms with Crippen LogP contribution in [0.4, 0.5) is 0 Å². The molecule has 0 amide bonds. The first-order valence-corrected chi connectivity index (χ1v) is 8.27. The van der Waals surface area contributed by atoms with E-state index in [9.17, 15) is 9.90 Å². The molecule has 1 aromatic rings. The van der Waals surface area contributed by atoms with Crippen LogP contribution in [0.15, 0.2) is 4.34 Å². The highest BCUT2D eigenvalue weighted by Crippen LogP contribution is 2.39. The van der Waals surface area contributed by atoms with E-state index in [0.717, 1.165) is 9.22 Å². The molecule has 0 saturated heterocycles.